The van der Waals surface area contributed by atoms with Gasteiger partial charge in [-0.2, -0.15) is 0 Å². The van der Waals surface area contributed by atoms with E-state index in [0.29, 0.717) is 6.54 Å². The number of aliphatic hydroxyl groups excluding tert-OH is 1. The molecule has 0 heterocycles. The first kappa shape index (κ1) is 10.4. The second-order valence-corrected chi connectivity index (χ2v) is 2.21. The molecule has 0 aliphatic carbocycles. The molecule has 0 aromatic carbocycles. The Morgan fingerprint density at radius 2 is 2.27 bits per heavy atom. The number of unbranched alkanes of at least 4 members (excludes halogenated alkanes) is 1. The van der Waals surface area contributed by atoms with E-state index in [9.17, 15) is 4.79 Å². The number of methoxy groups -OCH3 is 1. The van der Waals surface area contributed by atoms with Crippen LogP contribution in [-0.4, -0.2) is 37.9 Å². The van der Waals surface area contributed by atoms with Crippen molar-refractivity contribution in [1.82, 2.24) is 5.32 Å². The molecule has 0 aromatic heterocycles. The summed E-state index contributed by atoms with van der Waals surface area (Å²) in [6, 6.07) is 0. The molecule has 0 aliphatic rings. The van der Waals surface area contributed by atoms with Gasteiger partial charge in [0.1, 0.15) is 6.61 Å². The van der Waals surface area contributed by atoms with E-state index in [0.717, 1.165) is 12.8 Å². The molecule has 1 amide bonds. The third-order valence-electron chi connectivity index (χ3n) is 1.18. The molecule has 4 nitrogen and oxygen atoms in total. The highest BCUT2D eigenvalue weighted by Crippen LogP contribution is 1.83. The van der Waals surface area contributed by atoms with Gasteiger partial charge < -0.3 is 15.2 Å². The van der Waals surface area contributed by atoms with Crippen LogP contribution < -0.4 is 5.32 Å². The lowest BCUT2D eigenvalue weighted by molar-refractivity contribution is -0.124. The maximum atomic E-state index is 10.7. The van der Waals surface area contributed by atoms with Gasteiger partial charge in [-0.1, -0.05) is 0 Å². The first-order valence-corrected chi connectivity index (χ1v) is 3.67. The Morgan fingerprint density at radius 1 is 1.55 bits per heavy atom. The molecule has 0 rings (SSSR count). The van der Waals surface area contributed by atoms with E-state index in [1.807, 2.05) is 0 Å². The Labute approximate surface area is 66.5 Å². The Morgan fingerprint density at radius 3 is 2.82 bits per heavy atom. The summed E-state index contributed by atoms with van der Waals surface area (Å²) in [5.74, 6) is -0.106. The van der Waals surface area contributed by atoms with E-state index >= 15 is 0 Å². The molecular formula is C7H15NO3. The third-order valence-corrected chi connectivity index (χ3v) is 1.18. The SMILES string of the molecule is COCC(=O)NCCCCO. The summed E-state index contributed by atoms with van der Waals surface area (Å²) in [5, 5.41) is 11.0. The summed E-state index contributed by atoms with van der Waals surface area (Å²) >= 11 is 0. The zero-order valence-corrected chi connectivity index (χ0v) is 6.80. The van der Waals surface area contributed by atoms with E-state index in [4.69, 9.17) is 5.11 Å². The van der Waals surface area contributed by atoms with Crippen LogP contribution in [0.4, 0.5) is 0 Å². The normalized spacial score (nSPS) is 9.64. The molecule has 0 fully saturated rings. The predicted molar refractivity (Wildman–Crippen MR) is 41.2 cm³/mol. The van der Waals surface area contributed by atoms with E-state index in [2.05, 4.69) is 10.1 Å². The van der Waals surface area contributed by atoms with Crippen molar-refractivity contribution in [2.75, 3.05) is 26.9 Å². The standard InChI is InChI=1S/C7H15NO3/c1-11-6-7(10)8-4-2-3-5-9/h9H,2-6H2,1H3,(H,8,10). The maximum Gasteiger partial charge on any atom is 0.245 e. The molecule has 0 spiro atoms. The molecule has 0 saturated carbocycles. The Balaban J connectivity index is 3.04. The lowest BCUT2D eigenvalue weighted by Crippen LogP contribution is -2.28. The van der Waals surface area contributed by atoms with Gasteiger partial charge in [-0.25, -0.2) is 0 Å². The fourth-order valence-electron chi connectivity index (χ4n) is 0.647. The van der Waals surface area contributed by atoms with Gasteiger partial charge in [-0.3, -0.25) is 4.79 Å². The second-order valence-electron chi connectivity index (χ2n) is 2.21. The number of nitrogens with one attached hydrogen (secondary N) is 1. The van der Waals surface area contributed by atoms with E-state index in [1.54, 1.807) is 0 Å². The van der Waals surface area contributed by atoms with Crippen LogP contribution in [0.1, 0.15) is 12.8 Å². The fraction of sp³-hybridized carbons (Fsp3) is 0.857. The number of amides is 1. The summed E-state index contributed by atoms with van der Waals surface area (Å²) in [6.07, 6.45) is 1.54. The van der Waals surface area contributed by atoms with Crippen molar-refractivity contribution >= 4 is 5.91 Å². The smallest absolute Gasteiger partial charge is 0.245 e. The van der Waals surface area contributed by atoms with Gasteiger partial charge in [-0.05, 0) is 12.8 Å². The number of carbonyl (C=O) groups is 1. The summed E-state index contributed by atoms with van der Waals surface area (Å²) in [6.45, 7) is 0.905. The zero-order valence-electron chi connectivity index (χ0n) is 6.80. The monoisotopic (exact) mass is 161 g/mol. The van der Waals surface area contributed by atoms with Crippen LogP contribution in [0.3, 0.4) is 0 Å². The predicted octanol–water partition coefficient (Wildman–Crippen LogP) is -0.479. The first-order chi connectivity index (χ1) is 5.31. The highest BCUT2D eigenvalue weighted by Gasteiger charge is 1.96. The highest BCUT2D eigenvalue weighted by atomic mass is 16.5. The average molecular weight is 161 g/mol. The lowest BCUT2D eigenvalue weighted by Gasteiger charge is -2.02. The fourth-order valence-corrected chi connectivity index (χ4v) is 0.647. The number of carbonyl (C=O) groups excluding carboxylic acids is 1. The first-order valence-electron chi connectivity index (χ1n) is 3.67. The summed E-state index contributed by atoms with van der Waals surface area (Å²) < 4.78 is 4.60. The van der Waals surface area contributed by atoms with Crippen LogP contribution >= 0.6 is 0 Å². The molecule has 0 aromatic rings. The van der Waals surface area contributed by atoms with Gasteiger partial charge in [0.2, 0.25) is 5.91 Å². The van der Waals surface area contributed by atoms with Gasteiger partial charge in [0.25, 0.3) is 0 Å². The molecule has 11 heavy (non-hydrogen) atoms. The van der Waals surface area contributed by atoms with Crippen molar-refractivity contribution in [1.29, 1.82) is 0 Å². The number of rotatable bonds is 6. The minimum atomic E-state index is -0.106. The summed E-state index contributed by atoms with van der Waals surface area (Å²) in [5.41, 5.74) is 0. The molecule has 0 radical (unpaired) electrons. The van der Waals surface area contributed by atoms with Crippen LogP contribution in [0.2, 0.25) is 0 Å². The van der Waals surface area contributed by atoms with Crippen LogP contribution in [-0.2, 0) is 9.53 Å². The molecule has 0 aliphatic heterocycles. The molecule has 66 valence electrons. The van der Waals surface area contributed by atoms with Gasteiger partial charge in [0, 0.05) is 20.3 Å². The quantitative estimate of drug-likeness (QED) is 0.517. The lowest BCUT2D eigenvalue weighted by atomic mass is 10.3. The van der Waals surface area contributed by atoms with E-state index in [-0.39, 0.29) is 19.1 Å². The Bertz CT molecular complexity index is 106. The molecule has 0 atom stereocenters. The molecule has 0 unspecified atom stereocenters. The largest absolute Gasteiger partial charge is 0.396 e. The van der Waals surface area contributed by atoms with Crippen molar-refractivity contribution in [2.24, 2.45) is 0 Å². The van der Waals surface area contributed by atoms with Crippen LogP contribution in [0.25, 0.3) is 0 Å². The van der Waals surface area contributed by atoms with Gasteiger partial charge in [0.05, 0.1) is 0 Å². The highest BCUT2D eigenvalue weighted by molar-refractivity contribution is 5.77. The van der Waals surface area contributed by atoms with Crippen LogP contribution in [0, 0.1) is 0 Å². The average Bonchev–Trinajstić information content (AvgIpc) is 1.99. The number of hydrogen-bond acceptors (Lipinski definition) is 3. The molecule has 0 bridgehead atoms. The van der Waals surface area contributed by atoms with E-state index in [1.165, 1.54) is 7.11 Å². The minimum absolute atomic E-state index is 0.106. The van der Waals surface area contributed by atoms with Crippen LogP contribution in [0.15, 0.2) is 0 Å². The summed E-state index contributed by atoms with van der Waals surface area (Å²) in [7, 11) is 1.48. The molecule has 2 N–H and O–H groups in total. The Hall–Kier alpha value is -0.610. The maximum absolute atomic E-state index is 10.7. The van der Waals surface area contributed by atoms with Crippen molar-refractivity contribution in [3.63, 3.8) is 0 Å². The zero-order chi connectivity index (χ0) is 8.53. The topological polar surface area (TPSA) is 58.6 Å². The van der Waals surface area contributed by atoms with Crippen LogP contribution in [0.5, 0.6) is 0 Å². The van der Waals surface area contributed by atoms with Gasteiger partial charge in [-0.15, -0.1) is 0 Å². The molecular weight excluding hydrogens is 146 g/mol. The summed E-state index contributed by atoms with van der Waals surface area (Å²) in [4.78, 5) is 10.7. The minimum Gasteiger partial charge on any atom is -0.396 e. The number of aliphatic hydroxyl groups is 1. The second kappa shape index (κ2) is 7.50. The van der Waals surface area contributed by atoms with Crippen molar-refractivity contribution in [3.05, 3.63) is 0 Å². The van der Waals surface area contributed by atoms with E-state index < -0.39 is 0 Å². The van der Waals surface area contributed by atoms with Gasteiger partial charge in [0.15, 0.2) is 0 Å². The number of hydrogen-bond donors (Lipinski definition) is 2. The van der Waals surface area contributed by atoms with Crippen molar-refractivity contribution in [3.8, 4) is 0 Å². The number of ether oxygens (including phenoxy) is 1. The third kappa shape index (κ3) is 7.29. The molecule has 0 saturated heterocycles. The molecule has 4 heteroatoms. The van der Waals surface area contributed by atoms with Gasteiger partial charge >= 0.3 is 0 Å². The van der Waals surface area contributed by atoms with Crippen molar-refractivity contribution < 1.29 is 14.6 Å². The van der Waals surface area contributed by atoms with Crippen molar-refractivity contribution in [2.45, 2.75) is 12.8 Å². The Kier molecular flexibility index (Phi) is 7.08.